The molecule has 150 valence electrons. The summed E-state index contributed by atoms with van der Waals surface area (Å²) in [6, 6.07) is 12.5. The molecule has 3 heterocycles. The van der Waals surface area contributed by atoms with Crippen molar-refractivity contribution in [1.29, 1.82) is 0 Å². The number of para-hydroxylation sites is 1. The highest BCUT2D eigenvalue weighted by molar-refractivity contribution is 6.12. The molecule has 2 aromatic rings. The molecule has 2 saturated heterocycles. The summed E-state index contributed by atoms with van der Waals surface area (Å²) in [5, 5.41) is 2.84. The van der Waals surface area contributed by atoms with Gasteiger partial charge in [-0.05, 0) is 23.8 Å². The lowest BCUT2D eigenvalue weighted by Gasteiger charge is -2.38. The average molecular weight is 395 g/mol. The fraction of sp³-hybridized carbons (Fsp3) is 0.364. The van der Waals surface area contributed by atoms with Crippen LogP contribution in [0.5, 0.6) is 0 Å². The Morgan fingerprint density at radius 2 is 1.90 bits per heavy atom. The minimum Gasteiger partial charge on any atom is -0.369 e. The highest BCUT2D eigenvalue weighted by Gasteiger charge is 2.40. The molecule has 1 N–H and O–H groups in total. The molecule has 1 amide bonds. The highest BCUT2D eigenvalue weighted by atomic mass is 19.1. The Hall–Kier alpha value is -2.77. The lowest BCUT2D eigenvalue weighted by molar-refractivity contribution is -0.169. The topological polar surface area (TPSA) is 63.2 Å². The molecule has 1 spiro atoms. The number of piperidine rings is 1. The predicted octanol–water partition coefficient (Wildman–Crippen LogP) is 3.61. The summed E-state index contributed by atoms with van der Waals surface area (Å²) >= 11 is 0. The van der Waals surface area contributed by atoms with Gasteiger partial charge in [0.2, 0.25) is 5.91 Å². The largest absolute Gasteiger partial charge is 0.369 e. The number of nitrogens with zero attached hydrogens (tertiary/aromatic N) is 2. The van der Waals surface area contributed by atoms with E-state index in [-0.39, 0.29) is 11.7 Å². The van der Waals surface area contributed by atoms with Crippen molar-refractivity contribution < 1.29 is 18.7 Å². The first-order chi connectivity index (χ1) is 14.1. The van der Waals surface area contributed by atoms with Crippen molar-refractivity contribution in [2.24, 2.45) is 4.99 Å². The van der Waals surface area contributed by atoms with Crippen LogP contribution in [0.25, 0.3) is 0 Å². The van der Waals surface area contributed by atoms with E-state index in [4.69, 9.17) is 9.47 Å². The van der Waals surface area contributed by atoms with E-state index in [1.807, 2.05) is 29.2 Å². The summed E-state index contributed by atoms with van der Waals surface area (Å²) in [6.45, 7) is 2.62. The minimum absolute atomic E-state index is 0.120. The number of aliphatic imine (C=N–C) groups is 1. The van der Waals surface area contributed by atoms with Crippen LogP contribution >= 0.6 is 0 Å². The quantitative estimate of drug-likeness (QED) is 0.807. The van der Waals surface area contributed by atoms with E-state index >= 15 is 0 Å². The lowest BCUT2D eigenvalue weighted by Crippen LogP contribution is -2.45. The number of benzene rings is 2. The van der Waals surface area contributed by atoms with Crippen LogP contribution in [-0.4, -0.2) is 44.2 Å². The maximum Gasteiger partial charge on any atom is 0.237 e. The van der Waals surface area contributed by atoms with Gasteiger partial charge in [-0.2, -0.15) is 0 Å². The molecule has 1 unspecified atom stereocenters. The number of halogens is 1. The average Bonchev–Trinajstić information content (AvgIpc) is 3.31. The van der Waals surface area contributed by atoms with Gasteiger partial charge in [0.05, 0.1) is 24.6 Å². The maximum atomic E-state index is 14.8. The maximum absolute atomic E-state index is 14.8. The van der Waals surface area contributed by atoms with E-state index in [0.29, 0.717) is 37.7 Å². The van der Waals surface area contributed by atoms with Gasteiger partial charge in [-0.15, -0.1) is 0 Å². The normalized spacial score (nSPS) is 23.0. The van der Waals surface area contributed by atoms with Crippen LogP contribution in [0.2, 0.25) is 0 Å². The van der Waals surface area contributed by atoms with E-state index < -0.39 is 11.7 Å². The van der Waals surface area contributed by atoms with Gasteiger partial charge in [0.15, 0.2) is 5.79 Å². The second-order valence-corrected chi connectivity index (χ2v) is 7.56. The molecule has 0 bridgehead atoms. The highest BCUT2D eigenvalue weighted by Crippen LogP contribution is 2.35. The second-order valence-electron chi connectivity index (χ2n) is 7.56. The molecule has 1 atom stereocenters. The number of carbonyl (C=O) groups excluding carboxylic acids is 1. The molecule has 0 aromatic heterocycles. The van der Waals surface area contributed by atoms with Crippen molar-refractivity contribution in [2.45, 2.75) is 24.5 Å². The van der Waals surface area contributed by atoms with Crippen molar-refractivity contribution in [3.8, 4) is 0 Å². The molecule has 3 aliphatic heterocycles. The molecule has 0 saturated carbocycles. The van der Waals surface area contributed by atoms with Gasteiger partial charge >= 0.3 is 0 Å². The van der Waals surface area contributed by atoms with Crippen molar-refractivity contribution in [1.82, 2.24) is 0 Å². The summed E-state index contributed by atoms with van der Waals surface area (Å²) in [4.78, 5) is 18.6. The van der Waals surface area contributed by atoms with Gasteiger partial charge < -0.3 is 19.7 Å². The number of anilines is 2. The fourth-order valence-electron chi connectivity index (χ4n) is 4.25. The SMILES string of the molecule is O=C1Nc2ccccc2C1C=Nc1ccc(N2CCC3(CC2)OCCO3)c(F)c1. The first kappa shape index (κ1) is 18.3. The summed E-state index contributed by atoms with van der Waals surface area (Å²) in [5.74, 6) is -1.38. The van der Waals surface area contributed by atoms with E-state index in [2.05, 4.69) is 10.3 Å². The Kier molecular flexibility index (Phi) is 4.56. The molecular formula is C22H22FN3O3. The Morgan fingerprint density at radius 1 is 1.14 bits per heavy atom. The van der Waals surface area contributed by atoms with Gasteiger partial charge in [-0.1, -0.05) is 18.2 Å². The van der Waals surface area contributed by atoms with E-state index in [1.165, 1.54) is 6.07 Å². The Bertz CT molecular complexity index is 962. The molecule has 0 radical (unpaired) electrons. The lowest BCUT2D eigenvalue weighted by atomic mass is 10.0. The number of amides is 1. The summed E-state index contributed by atoms with van der Waals surface area (Å²) < 4.78 is 26.2. The van der Waals surface area contributed by atoms with E-state index in [1.54, 1.807) is 18.3 Å². The fourth-order valence-corrected chi connectivity index (χ4v) is 4.25. The van der Waals surface area contributed by atoms with Crippen molar-refractivity contribution in [3.05, 3.63) is 53.8 Å². The van der Waals surface area contributed by atoms with Gasteiger partial charge in [-0.3, -0.25) is 9.79 Å². The molecule has 7 heteroatoms. The number of rotatable bonds is 3. The number of fused-ring (bicyclic) bond motifs is 1. The molecule has 5 rings (SSSR count). The molecular weight excluding hydrogens is 373 g/mol. The number of carbonyl (C=O) groups is 1. The molecule has 2 aromatic carbocycles. The van der Waals surface area contributed by atoms with Crippen LogP contribution < -0.4 is 10.2 Å². The van der Waals surface area contributed by atoms with Gasteiger partial charge in [-0.25, -0.2) is 4.39 Å². The first-order valence-corrected chi connectivity index (χ1v) is 9.90. The molecule has 6 nitrogen and oxygen atoms in total. The molecule has 29 heavy (non-hydrogen) atoms. The zero-order valence-corrected chi connectivity index (χ0v) is 15.9. The Morgan fingerprint density at radius 3 is 2.66 bits per heavy atom. The summed E-state index contributed by atoms with van der Waals surface area (Å²) in [5.41, 5.74) is 2.73. The monoisotopic (exact) mass is 395 g/mol. The van der Waals surface area contributed by atoms with E-state index in [0.717, 1.165) is 24.1 Å². The predicted molar refractivity (Wildman–Crippen MR) is 108 cm³/mol. The van der Waals surface area contributed by atoms with Crippen LogP contribution in [0.4, 0.5) is 21.5 Å². The van der Waals surface area contributed by atoms with Crippen LogP contribution in [0.1, 0.15) is 24.3 Å². The third-order valence-electron chi connectivity index (χ3n) is 5.82. The number of nitrogens with one attached hydrogen (secondary N) is 1. The van der Waals surface area contributed by atoms with Gasteiger partial charge in [0, 0.05) is 43.9 Å². The number of hydrogen-bond acceptors (Lipinski definition) is 5. The zero-order valence-electron chi connectivity index (χ0n) is 15.9. The third kappa shape index (κ3) is 3.41. The molecule has 2 fully saturated rings. The third-order valence-corrected chi connectivity index (χ3v) is 5.82. The Balaban J connectivity index is 1.29. The Labute approximate surface area is 168 Å². The van der Waals surface area contributed by atoms with Crippen molar-refractivity contribution in [2.75, 3.05) is 36.5 Å². The van der Waals surface area contributed by atoms with Gasteiger partial charge in [0.1, 0.15) is 11.7 Å². The van der Waals surface area contributed by atoms with Crippen LogP contribution in [0.3, 0.4) is 0 Å². The first-order valence-electron chi connectivity index (χ1n) is 9.90. The van der Waals surface area contributed by atoms with E-state index in [9.17, 15) is 9.18 Å². The standard InChI is InChI=1S/C22H22FN3O3/c23-18-13-15(24-14-17-16-3-1-2-4-19(16)25-21(17)27)5-6-20(18)26-9-7-22(8-10-26)28-11-12-29-22/h1-6,13-14,17H,7-12H2,(H,25,27). The molecule has 3 aliphatic rings. The number of hydrogen-bond donors (Lipinski definition) is 1. The second kappa shape index (κ2) is 7.24. The molecule has 0 aliphatic carbocycles. The van der Waals surface area contributed by atoms with Gasteiger partial charge in [0.25, 0.3) is 0 Å². The van der Waals surface area contributed by atoms with Crippen LogP contribution in [0.15, 0.2) is 47.5 Å². The smallest absolute Gasteiger partial charge is 0.237 e. The minimum atomic E-state index is -0.477. The number of ether oxygens (including phenoxy) is 2. The summed E-state index contributed by atoms with van der Waals surface area (Å²) in [6.07, 6.45) is 3.03. The zero-order chi connectivity index (χ0) is 19.8. The van der Waals surface area contributed by atoms with Crippen molar-refractivity contribution in [3.63, 3.8) is 0 Å². The van der Waals surface area contributed by atoms with Crippen LogP contribution in [-0.2, 0) is 14.3 Å². The van der Waals surface area contributed by atoms with Crippen LogP contribution in [0, 0.1) is 5.82 Å². The van der Waals surface area contributed by atoms with Crippen molar-refractivity contribution >= 4 is 29.2 Å². The summed E-state index contributed by atoms with van der Waals surface area (Å²) in [7, 11) is 0.